The van der Waals surface area contributed by atoms with E-state index in [1.165, 1.54) is 6.92 Å². The number of ether oxygens (including phenoxy) is 3. The van der Waals surface area contributed by atoms with Gasteiger partial charge in [-0.15, -0.1) is 0 Å². The Labute approximate surface area is 157 Å². The van der Waals surface area contributed by atoms with Crippen LogP contribution in [0.25, 0.3) is 0 Å². The topological polar surface area (TPSA) is 73.9 Å². The van der Waals surface area contributed by atoms with E-state index in [2.05, 4.69) is 5.32 Å². The van der Waals surface area contributed by atoms with Crippen molar-refractivity contribution in [2.24, 2.45) is 0 Å². The minimum Gasteiger partial charge on any atom is -0.497 e. The standard InChI is InChI=1S/C19H20ClNO5/c1-13(19(23)21-11-14-5-3-4-6-17(14)20)26-18(22)12-25-16-9-7-15(24-2)8-10-16/h3-10,13H,11-12H2,1-2H3,(H,21,23). The van der Waals surface area contributed by atoms with Gasteiger partial charge in [-0.1, -0.05) is 29.8 Å². The molecule has 0 bridgehead atoms. The number of halogens is 1. The first-order valence-electron chi connectivity index (χ1n) is 7.97. The van der Waals surface area contributed by atoms with Crippen LogP contribution < -0.4 is 14.8 Å². The summed E-state index contributed by atoms with van der Waals surface area (Å²) >= 11 is 6.03. The molecular weight excluding hydrogens is 358 g/mol. The van der Waals surface area contributed by atoms with E-state index in [9.17, 15) is 9.59 Å². The average Bonchev–Trinajstić information content (AvgIpc) is 2.65. The van der Waals surface area contributed by atoms with E-state index >= 15 is 0 Å². The highest BCUT2D eigenvalue weighted by Gasteiger charge is 2.18. The van der Waals surface area contributed by atoms with Crippen molar-refractivity contribution in [3.8, 4) is 11.5 Å². The Morgan fingerprint density at radius 3 is 2.38 bits per heavy atom. The summed E-state index contributed by atoms with van der Waals surface area (Å²) in [4.78, 5) is 23.8. The highest BCUT2D eigenvalue weighted by molar-refractivity contribution is 6.31. The fraction of sp³-hybridized carbons (Fsp3) is 0.263. The van der Waals surface area contributed by atoms with Crippen LogP contribution in [0.3, 0.4) is 0 Å². The van der Waals surface area contributed by atoms with Crippen LogP contribution in [-0.4, -0.2) is 31.7 Å². The van der Waals surface area contributed by atoms with Crippen LogP contribution >= 0.6 is 11.6 Å². The number of methoxy groups -OCH3 is 1. The van der Waals surface area contributed by atoms with Crippen LogP contribution in [-0.2, 0) is 20.9 Å². The molecule has 0 radical (unpaired) electrons. The van der Waals surface area contributed by atoms with Gasteiger partial charge in [-0.05, 0) is 42.8 Å². The molecule has 7 heteroatoms. The van der Waals surface area contributed by atoms with Crippen molar-refractivity contribution in [3.63, 3.8) is 0 Å². The SMILES string of the molecule is COc1ccc(OCC(=O)OC(C)C(=O)NCc2ccccc2Cl)cc1. The predicted octanol–water partition coefficient (Wildman–Crippen LogP) is 2.98. The van der Waals surface area contributed by atoms with Gasteiger partial charge < -0.3 is 19.5 Å². The van der Waals surface area contributed by atoms with E-state index in [0.29, 0.717) is 16.5 Å². The van der Waals surface area contributed by atoms with Gasteiger partial charge in [-0.25, -0.2) is 4.79 Å². The Morgan fingerprint density at radius 2 is 1.73 bits per heavy atom. The lowest BCUT2D eigenvalue weighted by Crippen LogP contribution is -2.36. The van der Waals surface area contributed by atoms with Gasteiger partial charge in [0.2, 0.25) is 0 Å². The van der Waals surface area contributed by atoms with Crippen LogP contribution in [0.1, 0.15) is 12.5 Å². The van der Waals surface area contributed by atoms with Gasteiger partial charge in [0.1, 0.15) is 11.5 Å². The summed E-state index contributed by atoms with van der Waals surface area (Å²) in [5.74, 6) is 0.131. The molecule has 2 rings (SSSR count). The van der Waals surface area contributed by atoms with Crippen molar-refractivity contribution in [2.75, 3.05) is 13.7 Å². The Hall–Kier alpha value is -2.73. The number of carbonyl (C=O) groups excluding carboxylic acids is 2. The molecule has 26 heavy (non-hydrogen) atoms. The van der Waals surface area contributed by atoms with Crippen molar-refractivity contribution in [1.82, 2.24) is 5.32 Å². The minimum atomic E-state index is -0.940. The second-order valence-electron chi connectivity index (χ2n) is 5.41. The molecule has 1 N–H and O–H groups in total. The summed E-state index contributed by atoms with van der Waals surface area (Å²) in [6.07, 6.45) is -0.940. The maximum atomic E-state index is 12.0. The fourth-order valence-electron chi connectivity index (χ4n) is 2.07. The first-order valence-corrected chi connectivity index (χ1v) is 8.35. The molecule has 6 nitrogen and oxygen atoms in total. The number of amides is 1. The molecule has 2 aromatic rings. The number of carbonyl (C=O) groups is 2. The summed E-state index contributed by atoms with van der Waals surface area (Å²) in [7, 11) is 1.56. The van der Waals surface area contributed by atoms with Crippen molar-refractivity contribution in [3.05, 3.63) is 59.1 Å². The van der Waals surface area contributed by atoms with Crippen LogP contribution in [0.5, 0.6) is 11.5 Å². The summed E-state index contributed by atoms with van der Waals surface area (Å²) in [5.41, 5.74) is 0.781. The van der Waals surface area contributed by atoms with E-state index < -0.39 is 18.0 Å². The monoisotopic (exact) mass is 377 g/mol. The van der Waals surface area contributed by atoms with Crippen LogP contribution in [0.2, 0.25) is 5.02 Å². The largest absolute Gasteiger partial charge is 0.497 e. The Kier molecular flexibility index (Phi) is 7.29. The lowest BCUT2D eigenvalue weighted by Gasteiger charge is -2.14. The van der Waals surface area contributed by atoms with Crippen molar-refractivity contribution >= 4 is 23.5 Å². The molecule has 1 amide bonds. The quantitative estimate of drug-likeness (QED) is 0.716. The third kappa shape index (κ3) is 5.97. The number of hydrogen-bond acceptors (Lipinski definition) is 5. The summed E-state index contributed by atoms with van der Waals surface area (Å²) < 4.78 is 15.4. The molecule has 2 aromatic carbocycles. The van der Waals surface area contributed by atoms with E-state index in [-0.39, 0.29) is 13.2 Å². The highest BCUT2D eigenvalue weighted by atomic mass is 35.5. The molecule has 138 valence electrons. The zero-order chi connectivity index (χ0) is 18.9. The highest BCUT2D eigenvalue weighted by Crippen LogP contribution is 2.17. The number of nitrogens with one attached hydrogen (secondary N) is 1. The second-order valence-corrected chi connectivity index (χ2v) is 5.81. The van der Waals surface area contributed by atoms with E-state index in [0.717, 1.165) is 5.56 Å². The number of benzene rings is 2. The third-order valence-corrected chi connectivity index (χ3v) is 3.87. The third-order valence-electron chi connectivity index (χ3n) is 3.50. The van der Waals surface area contributed by atoms with Gasteiger partial charge in [0.15, 0.2) is 12.7 Å². The number of rotatable bonds is 8. The van der Waals surface area contributed by atoms with Crippen LogP contribution in [0.15, 0.2) is 48.5 Å². The Bertz CT molecular complexity index is 748. The first kappa shape index (κ1) is 19.6. The Balaban J connectivity index is 1.74. The maximum Gasteiger partial charge on any atom is 0.344 e. The summed E-state index contributed by atoms with van der Waals surface area (Å²) in [6, 6.07) is 14.0. The molecule has 0 spiro atoms. The smallest absolute Gasteiger partial charge is 0.344 e. The molecule has 1 atom stereocenters. The zero-order valence-electron chi connectivity index (χ0n) is 14.5. The molecule has 0 aliphatic heterocycles. The zero-order valence-corrected chi connectivity index (χ0v) is 15.3. The summed E-state index contributed by atoms with van der Waals surface area (Å²) in [6.45, 7) is 1.45. The molecule has 0 aliphatic rings. The number of esters is 1. The van der Waals surface area contributed by atoms with E-state index in [4.69, 9.17) is 25.8 Å². The van der Waals surface area contributed by atoms with Crippen molar-refractivity contribution in [1.29, 1.82) is 0 Å². The molecule has 0 heterocycles. The van der Waals surface area contributed by atoms with Gasteiger partial charge in [-0.2, -0.15) is 0 Å². The van der Waals surface area contributed by atoms with Crippen LogP contribution in [0, 0.1) is 0 Å². The van der Waals surface area contributed by atoms with Gasteiger partial charge in [0, 0.05) is 11.6 Å². The van der Waals surface area contributed by atoms with Gasteiger partial charge in [-0.3, -0.25) is 4.79 Å². The molecule has 0 saturated heterocycles. The van der Waals surface area contributed by atoms with E-state index in [1.807, 2.05) is 12.1 Å². The number of hydrogen-bond donors (Lipinski definition) is 1. The average molecular weight is 378 g/mol. The van der Waals surface area contributed by atoms with Gasteiger partial charge >= 0.3 is 5.97 Å². The molecule has 0 saturated carbocycles. The normalized spacial score (nSPS) is 11.3. The minimum absolute atomic E-state index is 0.253. The van der Waals surface area contributed by atoms with Crippen molar-refractivity contribution in [2.45, 2.75) is 19.6 Å². The first-order chi connectivity index (χ1) is 12.5. The molecular formula is C19H20ClNO5. The van der Waals surface area contributed by atoms with Crippen molar-refractivity contribution < 1.29 is 23.8 Å². The molecule has 0 aromatic heterocycles. The molecule has 0 aliphatic carbocycles. The van der Waals surface area contributed by atoms with Gasteiger partial charge in [0.05, 0.1) is 7.11 Å². The Morgan fingerprint density at radius 1 is 1.08 bits per heavy atom. The fourth-order valence-corrected chi connectivity index (χ4v) is 2.27. The van der Waals surface area contributed by atoms with Crippen LogP contribution in [0.4, 0.5) is 0 Å². The second kappa shape index (κ2) is 9.68. The molecule has 1 unspecified atom stereocenters. The maximum absolute atomic E-state index is 12.0. The van der Waals surface area contributed by atoms with Gasteiger partial charge in [0.25, 0.3) is 5.91 Å². The molecule has 0 fully saturated rings. The lowest BCUT2D eigenvalue weighted by atomic mass is 10.2. The predicted molar refractivity (Wildman–Crippen MR) is 97.3 cm³/mol. The lowest BCUT2D eigenvalue weighted by molar-refractivity contribution is -0.156. The summed E-state index contributed by atoms with van der Waals surface area (Å²) in [5, 5.41) is 3.24. The van der Waals surface area contributed by atoms with E-state index in [1.54, 1.807) is 43.5 Å².